The number of fused-ring (bicyclic) bond motifs is 1. The van der Waals surface area contributed by atoms with Crippen LogP contribution in [0.25, 0.3) is 22.5 Å². The molecule has 0 radical (unpaired) electrons. The van der Waals surface area contributed by atoms with Gasteiger partial charge >= 0.3 is 0 Å². The molecule has 0 bridgehead atoms. The molecular weight excluding hydrogens is 466 g/mol. The molecule has 0 unspecified atom stereocenters. The average Bonchev–Trinajstić information content (AvgIpc) is 3.54. The fraction of sp³-hybridized carbons (Fsp3) is 0.222. The van der Waals surface area contributed by atoms with Gasteiger partial charge in [-0.2, -0.15) is 10.2 Å². The number of nitrogens with one attached hydrogen (secondary N) is 2. The number of aromatic nitrogens is 5. The van der Waals surface area contributed by atoms with Gasteiger partial charge in [0, 0.05) is 50.2 Å². The maximum Gasteiger partial charge on any atom is 0.257 e. The number of rotatable bonds is 6. The van der Waals surface area contributed by atoms with Gasteiger partial charge in [0.25, 0.3) is 5.89 Å². The fourth-order valence-electron chi connectivity index (χ4n) is 4.55. The van der Waals surface area contributed by atoms with Crippen LogP contribution in [0.15, 0.2) is 65.3 Å². The third-order valence-corrected chi connectivity index (χ3v) is 6.47. The van der Waals surface area contributed by atoms with Gasteiger partial charge in [-0.05, 0) is 67.1 Å². The number of anilines is 3. The molecule has 1 fully saturated rings. The zero-order valence-electron chi connectivity index (χ0n) is 20.3. The first-order valence-electron chi connectivity index (χ1n) is 12.1. The Labute approximate surface area is 213 Å². The fourth-order valence-corrected chi connectivity index (χ4v) is 4.55. The zero-order valence-corrected chi connectivity index (χ0v) is 20.3. The number of hydrogen-bond acceptors (Lipinski definition) is 9. The van der Waals surface area contributed by atoms with Gasteiger partial charge in [-0.15, -0.1) is 0 Å². The predicted octanol–water partition coefficient (Wildman–Crippen LogP) is 4.25. The van der Waals surface area contributed by atoms with Crippen molar-refractivity contribution in [1.29, 1.82) is 5.26 Å². The van der Waals surface area contributed by atoms with Crippen LogP contribution in [0, 0.1) is 18.3 Å². The van der Waals surface area contributed by atoms with Crippen molar-refractivity contribution in [3.05, 3.63) is 77.7 Å². The van der Waals surface area contributed by atoms with Crippen LogP contribution < -0.4 is 10.2 Å². The highest BCUT2D eigenvalue weighted by Crippen LogP contribution is 2.24. The zero-order chi connectivity index (χ0) is 25.2. The van der Waals surface area contributed by atoms with Gasteiger partial charge < -0.3 is 19.7 Å². The number of aryl methyl sites for hydroxylation is 1. The van der Waals surface area contributed by atoms with Crippen molar-refractivity contribution in [3.63, 3.8) is 0 Å². The highest BCUT2D eigenvalue weighted by molar-refractivity contribution is 5.82. The maximum absolute atomic E-state index is 9.01. The Kier molecular flexibility index (Phi) is 5.96. The number of pyridine rings is 1. The number of imidazole rings is 1. The van der Waals surface area contributed by atoms with Crippen LogP contribution in [-0.2, 0) is 6.54 Å². The molecule has 1 saturated heterocycles. The Bertz CT molecular complexity index is 1570. The number of piperazine rings is 1. The minimum absolute atomic E-state index is 0.482. The lowest BCUT2D eigenvalue weighted by Crippen LogP contribution is -2.45. The molecule has 10 heteroatoms. The van der Waals surface area contributed by atoms with Gasteiger partial charge in [0.1, 0.15) is 5.82 Å². The number of benzene rings is 2. The molecule has 6 rings (SSSR count). The monoisotopic (exact) mass is 491 g/mol. The number of nitrogens with zero attached hydrogens (tertiary/aromatic N) is 7. The molecule has 1 aliphatic rings. The van der Waals surface area contributed by atoms with E-state index < -0.39 is 0 Å². The summed E-state index contributed by atoms with van der Waals surface area (Å²) in [5, 5.41) is 16.2. The van der Waals surface area contributed by atoms with E-state index in [4.69, 9.17) is 9.78 Å². The van der Waals surface area contributed by atoms with Crippen LogP contribution >= 0.6 is 0 Å². The summed E-state index contributed by atoms with van der Waals surface area (Å²) in [5.41, 5.74) is 5.58. The molecule has 2 aromatic carbocycles. The summed E-state index contributed by atoms with van der Waals surface area (Å²) < 4.78 is 5.28. The van der Waals surface area contributed by atoms with E-state index in [-0.39, 0.29) is 0 Å². The second kappa shape index (κ2) is 9.72. The number of nitriles is 1. The van der Waals surface area contributed by atoms with E-state index in [1.165, 1.54) is 11.3 Å². The van der Waals surface area contributed by atoms with Crippen LogP contribution in [0.5, 0.6) is 0 Å². The van der Waals surface area contributed by atoms with Gasteiger partial charge in [-0.25, -0.2) is 9.97 Å². The summed E-state index contributed by atoms with van der Waals surface area (Å²) >= 11 is 0. The molecule has 4 heterocycles. The van der Waals surface area contributed by atoms with E-state index in [0.29, 0.717) is 23.2 Å². The average molecular weight is 492 g/mol. The van der Waals surface area contributed by atoms with Crippen LogP contribution in [-0.4, -0.2) is 56.2 Å². The lowest BCUT2D eigenvalue weighted by molar-refractivity contribution is 0.250. The SMILES string of the molecule is Cc1noc(-c2ccc3nc(Nc4cc(CN5CCN(c6ccc(C#N)cc6)CC5)ccn4)[nH]c3c2)n1. The van der Waals surface area contributed by atoms with Crippen molar-refractivity contribution in [2.75, 3.05) is 36.4 Å². The summed E-state index contributed by atoms with van der Waals surface area (Å²) in [7, 11) is 0. The van der Waals surface area contributed by atoms with Gasteiger partial charge in [-0.1, -0.05) is 5.16 Å². The van der Waals surface area contributed by atoms with Gasteiger partial charge in [0.2, 0.25) is 5.95 Å². The van der Waals surface area contributed by atoms with E-state index in [1.807, 2.05) is 48.7 Å². The molecule has 3 aromatic heterocycles. The molecule has 37 heavy (non-hydrogen) atoms. The van der Waals surface area contributed by atoms with Crippen molar-refractivity contribution in [2.45, 2.75) is 13.5 Å². The Morgan fingerprint density at radius 2 is 1.86 bits per heavy atom. The minimum Gasteiger partial charge on any atom is -0.369 e. The Hall–Kier alpha value is -4.75. The van der Waals surface area contributed by atoms with E-state index in [2.05, 4.69) is 58.4 Å². The van der Waals surface area contributed by atoms with Crippen LogP contribution in [0.4, 0.5) is 17.5 Å². The van der Waals surface area contributed by atoms with Gasteiger partial charge in [0.05, 0.1) is 22.7 Å². The lowest BCUT2D eigenvalue weighted by Gasteiger charge is -2.36. The molecule has 0 spiro atoms. The Morgan fingerprint density at radius 1 is 1.03 bits per heavy atom. The third-order valence-electron chi connectivity index (χ3n) is 6.47. The van der Waals surface area contributed by atoms with Gasteiger partial charge in [0.15, 0.2) is 5.82 Å². The molecule has 0 amide bonds. The number of aromatic amines is 1. The van der Waals surface area contributed by atoms with Crippen LogP contribution in [0.2, 0.25) is 0 Å². The second-order valence-electron chi connectivity index (χ2n) is 9.06. The van der Waals surface area contributed by atoms with E-state index in [1.54, 1.807) is 6.92 Å². The summed E-state index contributed by atoms with van der Waals surface area (Å²) in [6.07, 6.45) is 1.82. The predicted molar refractivity (Wildman–Crippen MR) is 140 cm³/mol. The van der Waals surface area contributed by atoms with Crippen molar-refractivity contribution < 1.29 is 4.52 Å². The van der Waals surface area contributed by atoms with Crippen molar-refractivity contribution >= 4 is 28.5 Å². The molecule has 0 saturated carbocycles. The first kappa shape index (κ1) is 22.7. The van der Waals surface area contributed by atoms with E-state index >= 15 is 0 Å². The molecule has 10 nitrogen and oxygen atoms in total. The van der Waals surface area contributed by atoms with Crippen molar-refractivity contribution in [1.82, 2.24) is 30.0 Å². The smallest absolute Gasteiger partial charge is 0.257 e. The van der Waals surface area contributed by atoms with Crippen molar-refractivity contribution in [3.8, 4) is 17.5 Å². The molecule has 1 aliphatic heterocycles. The first-order valence-corrected chi connectivity index (χ1v) is 12.1. The molecule has 0 aliphatic carbocycles. The summed E-state index contributed by atoms with van der Waals surface area (Å²) in [6, 6.07) is 19.9. The summed E-state index contributed by atoms with van der Waals surface area (Å²) in [4.78, 5) is 21.5. The quantitative estimate of drug-likeness (QED) is 0.359. The standard InChI is InChI=1S/C27H25N9O/c1-18-30-26(37-34-18)21-4-7-23-24(15-21)32-27(31-23)33-25-14-20(8-9-29-25)17-35-10-12-36(13-11-35)22-5-2-19(16-28)3-6-22/h2-9,14-15H,10-13,17H2,1H3,(H2,29,31,32,33). The van der Waals surface area contributed by atoms with Crippen LogP contribution in [0.3, 0.4) is 0 Å². The minimum atomic E-state index is 0.482. The summed E-state index contributed by atoms with van der Waals surface area (Å²) in [5.74, 6) is 2.44. The van der Waals surface area contributed by atoms with E-state index in [0.717, 1.165) is 55.1 Å². The van der Waals surface area contributed by atoms with Crippen molar-refractivity contribution in [2.24, 2.45) is 0 Å². The second-order valence-corrected chi connectivity index (χ2v) is 9.06. The normalized spacial score (nSPS) is 14.1. The molecule has 184 valence electrons. The lowest BCUT2D eigenvalue weighted by atomic mass is 10.2. The van der Waals surface area contributed by atoms with Gasteiger partial charge in [-0.3, -0.25) is 4.90 Å². The maximum atomic E-state index is 9.01. The number of hydrogen-bond donors (Lipinski definition) is 2. The molecule has 0 atom stereocenters. The Morgan fingerprint density at radius 3 is 2.62 bits per heavy atom. The first-order chi connectivity index (χ1) is 18.1. The Balaban J connectivity index is 1.09. The highest BCUT2D eigenvalue weighted by atomic mass is 16.5. The summed E-state index contributed by atoms with van der Waals surface area (Å²) in [6.45, 7) is 6.49. The highest BCUT2D eigenvalue weighted by Gasteiger charge is 2.18. The molecule has 5 aromatic rings. The largest absolute Gasteiger partial charge is 0.369 e. The molecular formula is C27H25N9O. The van der Waals surface area contributed by atoms with E-state index in [9.17, 15) is 0 Å². The topological polar surface area (TPSA) is 123 Å². The molecule has 2 N–H and O–H groups in total. The van der Waals surface area contributed by atoms with Crippen LogP contribution in [0.1, 0.15) is 17.0 Å². The third kappa shape index (κ3) is 4.98. The number of H-pyrrole nitrogens is 1.